The third-order valence-electron chi connectivity index (χ3n) is 4.54. The van der Waals surface area contributed by atoms with Gasteiger partial charge in [-0.25, -0.2) is 0 Å². The van der Waals surface area contributed by atoms with Crippen molar-refractivity contribution < 1.29 is 26.9 Å². The highest BCUT2D eigenvalue weighted by molar-refractivity contribution is 7.87. The van der Waals surface area contributed by atoms with Gasteiger partial charge in [-0.15, -0.1) is 0 Å². The number of carbonyl (C=O) groups is 1. The van der Waals surface area contributed by atoms with Crippen molar-refractivity contribution in [3.63, 3.8) is 0 Å². The first-order chi connectivity index (χ1) is 15.0. The topological polar surface area (TPSA) is 78.9 Å². The first kappa shape index (κ1) is 20.4. The maximum Gasteiger partial charge on any atom is 0.339 e. The standard InChI is InChI=1S/C24H18O6S/c1-28-21-12-6-5-8-17(21)9-7-13-22-24(25)20-15-14-18(16-23(20)29-22)30-31(26,27)19-10-3-2-4-11-19/h2-16H,1H3. The zero-order valence-corrected chi connectivity index (χ0v) is 17.3. The number of fused-ring (bicyclic) bond motifs is 1. The average molecular weight is 434 g/mol. The second kappa shape index (κ2) is 8.49. The average Bonchev–Trinajstić information content (AvgIpc) is 3.09. The van der Waals surface area contributed by atoms with Crippen molar-refractivity contribution in [2.75, 3.05) is 7.11 Å². The van der Waals surface area contributed by atoms with Gasteiger partial charge in [0.15, 0.2) is 5.76 Å². The van der Waals surface area contributed by atoms with Crippen LogP contribution in [0.1, 0.15) is 15.9 Å². The van der Waals surface area contributed by atoms with Gasteiger partial charge < -0.3 is 13.7 Å². The zero-order chi connectivity index (χ0) is 21.8. The molecule has 1 heterocycles. The normalized spacial score (nSPS) is 14.5. The monoisotopic (exact) mass is 434 g/mol. The molecule has 156 valence electrons. The zero-order valence-electron chi connectivity index (χ0n) is 16.5. The van der Waals surface area contributed by atoms with E-state index in [0.717, 1.165) is 5.56 Å². The van der Waals surface area contributed by atoms with E-state index in [9.17, 15) is 13.2 Å². The third-order valence-corrected chi connectivity index (χ3v) is 5.80. The van der Waals surface area contributed by atoms with Crippen molar-refractivity contribution in [3.05, 3.63) is 102 Å². The Morgan fingerprint density at radius 1 is 0.935 bits per heavy atom. The Kier molecular flexibility index (Phi) is 5.60. The van der Waals surface area contributed by atoms with Gasteiger partial charge in [0.05, 0.1) is 12.7 Å². The third kappa shape index (κ3) is 4.36. The number of rotatable bonds is 6. The number of hydrogen-bond acceptors (Lipinski definition) is 6. The highest BCUT2D eigenvalue weighted by Crippen LogP contribution is 2.35. The van der Waals surface area contributed by atoms with E-state index in [4.69, 9.17) is 13.7 Å². The van der Waals surface area contributed by atoms with Gasteiger partial charge in [-0.1, -0.05) is 48.6 Å². The van der Waals surface area contributed by atoms with E-state index in [1.54, 1.807) is 43.5 Å². The second-order valence-electron chi connectivity index (χ2n) is 6.57. The Bertz CT molecular complexity index is 1290. The lowest BCUT2D eigenvalue weighted by Gasteiger charge is -2.07. The minimum atomic E-state index is -3.99. The lowest BCUT2D eigenvalue weighted by atomic mass is 10.1. The van der Waals surface area contributed by atoms with Crippen LogP contribution in [0.2, 0.25) is 0 Å². The van der Waals surface area contributed by atoms with Crippen molar-refractivity contribution in [2.45, 2.75) is 4.90 Å². The van der Waals surface area contributed by atoms with Crippen molar-refractivity contribution in [1.29, 1.82) is 0 Å². The van der Waals surface area contributed by atoms with Crippen molar-refractivity contribution in [3.8, 4) is 17.2 Å². The van der Waals surface area contributed by atoms with E-state index in [2.05, 4.69) is 0 Å². The number of benzene rings is 3. The predicted molar refractivity (Wildman–Crippen MR) is 116 cm³/mol. The molecule has 4 rings (SSSR count). The fraction of sp³-hybridized carbons (Fsp3) is 0.0417. The Balaban J connectivity index is 1.53. The molecule has 0 aromatic heterocycles. The Hall–Kier alpha value is -3.84. The number of hydrogen-bond donors (Lipinski definition) is 0. The van der Waals surface area contributed by atoms with Gasteiger partial charge in [-0.05, 0) is 36.4 Å². The fourth-order valence-corrected chi connectivity index (χ4v) is 3.98. The van der Waals surface area contributed by atoms with E-state index >= 15 is 0 Å². The van der Waals surface area contributed by atoms with Crippen LogP contribution >= 0.6 is 0 Å². The quantitative estimate of drug-likeness (QED) is 0.416. The van der Waals surface area contributed by atoms with E-state index in [-0.39, 0.29) is 27.9 Å². The van der Waals surface area contributed by atoms with Crippen LogP contribution in [0.5, 0.6) is 17.2 Å². The van der Waals surface area contributed by atoms with Gasteiger partial charge in [-0.3, -0.25) is 4.79 Å². The van der Waals surface area contributed by atoms with Crippen LogP contribution in [0.4, 0.5) is 0 Å². The molecule has 0 saturated carbocycles. The summed E-state index contributed by atoms with van der Waals surface area (Å²) in [6.45, 7) is 0. The lowest BCUT2D eigenvalue weighted by Crippen LogP contribution is -2.09. The summed E-state index contributed by atoms with van der Waals surface area (Å²) in [4.78, 5) is 12.6. The Morgan fingerprint density at radius 3 is 2.45 bits per heavy atom. The first-order valence-corrected chi connectivity index (χ1v) is 10.8. The van der Waals surface area contributed by atoms with Crippen LogP contribution in [0.25, 0.3) is 6.08 Å². The SMILES string of the molecule is COc1ccccc1C=CC=C1Oc2cc(OS(=O)(=O)c3ccccc3)ccc2C1=O. The summed E-state index contributed by atoms with van der Waals surface area (Å²) in [6, 6.07) is 19.6. The summed E-state index contributed by atoms with van der Waals surface area (Å²) in [5.41, 5.74) is 1.19. The minimum absolute atomic E-state index is 0.0366. The molecule has 7 heteroatoms. The van der Waals surface area contributed by atoms with E-state index < -0.39 is 10.1 Å². The van der Waals surface area contributed by atoms with Crippen LogP contribution in [-0.4, -0.2) is 21.3 Å². The number of ether oxygens (including phenoxy) is 2. The van der Waals surface area contributed by atoms with Crippen LogP contribution in [0, 0.1) is 0 Å². The highest BCUT2D eigenvalue weighted by Gasteiger charge is 2.28. The molecule has 0 spiro atoms. The lowest BCUT2D eigenvalue weighted by molar-refractivity contribution is 0.101. The van der Waals surface area contributed by atoms with Crippen molar-refractivity contribution >= 4 is 22.0 Å². The minimum Gasteiger partial charge on any atom is -0.496 e. The van der Waals surface area contributed by atoms with Gasteiger partial charge in [0.2, 0.25) is 5.78 Å². The summed E-state index contributed by atoms with van der Waals surface area (Å²) >= 11 is 0. The molecule has 1 aliphatic heterocycles. The van der Waals surface area contributed by atoms with Crippen LogP contribution in [0.15, 0.2) is 95.6 Å². The molecule has 0 radical (unpaired) electrons. The van der Waals surface area contributed by atoms with Gasteiger partial charge >= 0.3 is 10.1 Å². The second-order valence-corrected chi connectivity index (χ2v) is 8.12. The summed E-state index contributed by atoms with van der Waals surface area (Å²) in [6.07, 6.45) is 5.04. The summed E-state index contributed by atoms with van der Waals surface area (Å²) in [7, 11) is -2.40. The molecule has 3 aromatic carbocycles. The molecule has 3 aromatic rings. The fourth-order valence-electron chi connectivity index (χ4n) is 3.04. The smallest absolute Gasteiger partial charge is 0.339 e. The highest BCUT2D eigenvalue weighted by atomic mass is 32.2. The first-order valence-electron chi connectivity index (χ1n) is 9.35. The number of Topliss-reactive ketones (excluding diaryl/α,β-unsaturated/α-hetero) is 1. The van der Waals surface area contributed by atoms with E-state index in [1.807, 2.05) is 24.3 Å². The molecule has 0 atom stereocenters. The maximum absolute atomic E-state index is 12.6. The molecule has 1 aliphatic rings. The van der Waals surface area contributed by atoms with Crippen LogP contribution in [-0.2, 0) is 10.1 Å². The summed E-state index contributed by atoms with van der Waals surface area (Å²) in [5.74, 6) is 0.839. The molecular weight excluding hydrogens is 416 g/mol. The van der Waals surface area contributed by atoms with Gasteiger partial charge in [0.1, 0.15) is 22.1 Å². The Labute approximate surface area is 180 Å². The van der Waals surface area contributed by atoms with Gasteiger partial charge in [-0.2, -0.15) is 8.42 Å². The maximum atomic E-state index is 12.6. The number of allylic oxidation sites excluding steroid dienone is 3. The van der Waals surface area contributed by atoms with Crippen LogP contribution in [0.3, 0.4) is 0 Å². The number of para-hydroxylation sites is 1. The molecular formula is C24H18O6S. The molecule has 0 N–H and O–H groups in total. The van der Waals surface area contributed by atoms with Gasteiger partial charge in [0, 0.05) is 11.6 Å². The molecule has 0 amide bonds. The Morgan fingerprint density at radius 2 is 1.68 bits per heavy atom. The molecule has 0 fully saturated rings. The molecule has 0 unspecified atom stereocenters. The van der Waals surface area contributed by atoms with E-state index in [1.165, 1.54) is 30.3 Å². The summed E-state index contributed by atoms with van der Waals surface area (Å²) < 4.78 is 40.9. The summed E-state index contributed by atoms with van der Waals surface area (Å²) in [5, 5.41) is 0. The predicted octanol–water partition coefficient (Wildman–Crippen LogP) is 4.64. The molecule has 6 nitrogen and oxygen atoms in total. The largest absolute Gasteiger partial charge is 0.496 e. The number of carbonyl (C=O) groups excluding carboxylic acids is 1. The van der Waals surface area contributed by atoms with Crippen LogP contribution < -0.4 is 13.7 Å². The molecule has 0 aliphatic carbocycles. The van der Waals surface area contributed by atoms with Gasteiger partial charge in [0.25, 0.3) is 0 Å². The van der Waals surface area contributed by atoms with Crippen molar-refractivity contribution in [2.24, 2.45) is 0 Å². The number of ketones is 1. The van der Waals surface area contributed by atoms with E-state index in [0.29, 0.717) is 11.3 Å². The molecule has 0 bridgehead atoms. The molecule has 31 heavy (non-hydrogen) atoms. The number of methoxy groups -OCH3 is 1. The molecule has 0 saturated heterocycles. The van der Waals surface area contributed by atoms with Crippen molar-refractivity contribution in [1.82, 2.24) is 0 Å².